The van der Waals surface area contributed by atoms with Crippen molar-refractivity contribution >= 4 is 0 Å². The molecule has 0 spiro atoms. The van der Waals surface area contributed by atoms with Gasteiger partial charge in [-0.3, -0.25) is 0 Å². The molecule has 3 nitrogen and oxygen atoms in total. The van der Waals surface area contributed by atoms with E-state index in [-0.39, 0.29) is 5.92 Å². The predicted octanol–water partition coefficient (Wildman–Crippen LogP) is 8.81. The summed E-state index contributed by atoms with van der Waals surface area (Å²) in [4.78, 5) is 0. The average Bonchev–Trinajstić information content (AvgIpc) is 2.76. The van der Waals surface area contributed by atoms with E-state index in [0.29, 0.717) is 19.8 Å². The number of hydrogen-bond acceptors (Lipinski definition) is 3. The quantitative estimate of drug-likeness (QED) is 0.0876. The Labute approximate surface area is 189 Å². The van der Waals surface area contributed by atoms with Crippen LogP contribution in [-0.4, -0.2) is 25.8 Å². The molecule has 0 aliphatic rings. The van der Waals surface area contributed by atoms with Crippen LogP contribution in [-0.2, 0) is 14.2 Å². The number of ether oxygens (including phenoxy) is 3. The van der Waals surface area contributed by atoms with Gasteiger partial charge in [0.05, 0.1) is 25.7 Å². The Hall–Kier alpha value is -0.380. The summed E-state index contributed by atoms with van der Waals surface area (Å²) in [6.07, 6.45) is 21.0. The van der Waals surface area contributed by atoms with Gasteiger partial charge >= 0.3 is 0 Å². The van der Waals surface area contributed by atoms with Gasteiger partial charge in [0.25, 0.3) is 5.97 Å². The van der Waals surface area contributed by atoms with Gasteiger partial charge in [-0.2, -0.15) is 0 Å². The van der Waals surface area contributed by atoms with E-state index in [0.717, 1.165) is 25.7 Å². The van der Waals surface area contributed by atoms with Crippen LogP contribution in [0.15, 0.2) is 12.7 Å². The summed E-state index contributed by atoms with van der Waals surface area (Å²) in [6.45, 7) is 15.2. The van der Waals surface area contributed by atoms with Crippen LogP contribution >= 0.6 is 0 Å². The third-order valence-corrected chi connectivity index (χ3v) is 5.76. The van der Waals surface area contributed by atoms with Crippen LogP contribution in [0.25, 0.3) is 0 Å². The lowest BCUT2D eigenvalue weighted by Crippen LogP contribution is -2.46. The Kier molecular flexibility index (Phi) is 21.6. The van der Waals surface area contributed by atoms with E-state index in [1.807, 2.05) is 6.08 Å². The monoisotopic (exact) mass is 426 g/mol. The summed E-state index contributed by atoms with van der Waals surface area (Å²) >= 11 is 0. The van der Waals surface area contributed by atoms with E-state index >= 15 is 0 Å². The van der Waals surface area contributed by atoms with Gasteiger partial charge in [0.1, 0.15) is 0 Å². The van der Waals surface area contributed by atoms with Gasteiger partial charge in [-0.15, -0.1) is 6.58 Å². The second-order valence-electron chi connectivity index (χ2n) is 8.67. The van der Waals surface area contributed by atoms with Gasteiger partial charge in [0, 0.05) is 0 Å². The van der Waals surface area contributed by atoms with Gasteiger partial charge in [0.2, 0.25) is 0 Å². The minimum Gasteiger partial charge on any atom is -0.327 e. The van der Waals surface area contributed by atoms with Gasteiger partial charge < -0.3 is 14.2 Å². The first-order valence-electron chi connectivity index (χ1n) is 13.2. The Morgan fingerprint density at radius 1 is 0.567 bits per heavy atom. The molecular formula is C27H54O3. The standard InChI is InChI=1S/C27H54O3/c1-6-11-15-16-17-18-22-26(10-5)27(28-23-19-12-7-2,29-24-20-13-8-3)30-25-21-14-9-4/h10,26H,5-9,11-25H2,1-4H3. The Balaban J connectivity index is 5.07. The van der Waals surface area contributed by atoms with E-state index in [4.69, 9.17) is 14.2 Å². The zero-order valence-corrected chi connectivity index (χ0v) is 21.0. The first kappa shape index (κ1) is 29.6. The van der Waals surface area contributed by atoms with Gasteiger partial charge in [-0.25, -0.2) is 0 Å². The minimum atomic E-state index is -0.958. The fourth-order valence-corrected chi connectivity index (χ4v) is 3.73. The molecule has 0 radical (unpaired) electrons. The first-order valence-corrected chi connectivity index (χ1v) is 13.2. The number of rotatable bonds is 24. The predicted molar refractivity (Wildman–Crippen MR) is 131 cm³/mol. The van der Waals surface area contributed by atoms with Crippen molar-refractivity contribution in [2.45, 2.75) is 136 Å². The fraction of sp³-hybridized carbons (Fsp3) is 0.926. The van der Waals surface area contributed by atoms with Crippen LogP contribution in [0.1, 0.15) is 130 Å². The summed E-state index contributed by atoms with van der Waals surface area (Å²) in [6, 6.07) is 0. The smallest absolute Gasteiger partial charge is 0.289 e. The van der Waals surface area contributed by atoms with Crippen LogP contribution in [0.2, 0.25) is 0 Å². The highest BCUT2D eigenvalue weighted by atomic mass is 16.9. The highest BCUT2D eigenvalue weighted by Gasteiger charge is 2.41. The molecule has 0 N–H and O–H groups in total. The molecule has 0 aromatic rings. The summed E-state index contributed by atoms with van der Waals surface area (Å²) in [5, 5.41) is 0. The zero-order valence-electron chi connectivity index (χ0n) is 21.0. The molecule has 0 saturated carbocycles. The maximum Gasteiger partial charge on any atom is 0.289 e. The zero-order chi connectivity index (χ0) is 22.3. The molecule has 0 heterocycles. The molecule has 0 aromatic heterocycles. The lowest BCUT2D eigenvalue weighted by molar-refractivity contribution is -0.400. The maximum absolute atomic E-state index is 6.43. The van der Waals surface area contributed by atoms with Crippen LogP contribution < -0.4 is 0 Å². The summed E-state index contributed by atoms with van der Waals surface area (Å²) in [5.41, 5.74) is 0. The molecular weight excluding hydrogens is 372 g/mol. The summed E-state index contributed by atoms with van der Waals surface area (Å²) in [7, 11) is 0. The normalized spacial score (nSPS) is 12.9. The van der Waals surface area contributed by atoms with Crippen molar-refractivity contribution in [3.05, 3.63) is 12.7 Å². The van der Waals surface area contributed by atoms with E-state index in [1.54, 1.807) is 0 Å². The Morgan fingerprint density at radius 3 is 1.33 bits per heavy atom. The van der Waals surface area contributed by atoms with Crippen LogP contribution in [0.4, 0.5) is 0 Å². The van der Waals surface area contributed by atoms with Crippen molar-refractivity contribution in [1.82, 2.24) is 0 Å². The van der Waals surface area contributed by atoms with Gasteiger partial charge in [0.15, 0.2) is 0 Å². The molecule has 1 unspecified atom stereocenters. The van der Waals surface area contributed by atoms with E-state index in [9.17, 15) is 0 Å². The summed E-state index contributed by atoms with van der Waals surface area (Å²) in [5.74, 6) is -0.881. The Bertz CT molecular complexity index is 325. The summed E-state index contributed by atoms with van der Waals surface area (Å²) < 4.78 is 19.3. The van der Waals surface area contributed by atoms with Crippen molar-refractivity contribution in [3.63, 3.8) is 0 Å². The first-order chi connectivity index (χ1) is 14.7. The largest absolute Gasteiger partial charge is 0.327 e. The van der Waals surface area contributed by atoms with Crippen molar-refractivity contribution in [2.24, 2.45) is 5.92 Å². The molecule has 0 aliphatic carbocycles. The van der Waals surface area contributed by atoms with Gasteiger partial charge in [-0.1, -0.05) is 111 Å². The lowest BCUT2D eigenvalue weighted by atomic mass is 9.97. The molecule has 1 atom stereocenters. The minimum absolute atomic E-state index is 0.0774. The van der Waals surface area contributed by atoms with E-state index in [2.05, 4.69) is 34.3 Å². The molecule has 0 bridgehead atoms. The molecule has 0 fully saturated rings. The maximum atomic E-state index is 6.43. The van der Waals surface area contributed by atoms with Crippen molar-refractivity contribution in [1.29, 1.82) is 0 Å². The highest BCUT2D eigenvalue weighted by molar-refractivity contribution is 4.87. The molecule has 3 heteroatoms. The Morgan fingerprint density at radius 2 is 0.933 bits per heavy atom. The number of hydrogen-bond donors (Lipinski definition) is 0. The fourth-order valence-electron chi connectivity index (χ4n) is 3.73. The molecule has 0 saturated heterocycles. The van der Waals surface area contributed by atoms with Crippen LogP contribution in [0, 0.1) is 5.92 Å². The van der Waals surface area contributed by atoms with E-state index in [1.165, 1.54) is 77.0 Å². The second kappa shape index (κ2) is 21.8. The topological polar surface area (TPSA) is 27.7 Å². The molecule has 0 aromatic carbocycles. The molecule has 0 rings (SSSR count). The van der Waals surface area contributed by atoms with Gasteiger partial charge in [-0.05, 0) is 25.7 Å². The lowest BCUT2D eigenvalue weighted by Gasteiger charge is -2.38. The van der Waals surface area contributed by atoms with Crippen molar-refractivity contribution in [2.75, 3.05) is 19.8 Å². The third-order valence-electron chi connectivity index (χ3n) is 5.76. The average molecular weight is 427 g/mol. The molecule has 30 heavy (non-hydrogen) atoms. The van der Waals surface area contributed by atoms with Crippen LogP contribution in [0.5, 0.6) is 0 Å². The van der Waals surface area contributed by atoms with Crippen molar-refractivity contribution in [3.8, 4) is 0 Å². The SMILES string of the molecule is C=CC(CCCCCCCC)C(OCCCCC)(OCCCCC)OCCCCC. The highest BCUT2D eigenvalue weighted by Crippen LogP contribution is 2.32. The molecule has 180 valence electrons. The van der Waals surface area contributed by atoms with Crippen molar-refractivity contribution < 1.29 is 14.2 Å². The molecule has 0 aliphatic heterocycles. The number of unbranched alkanes of at least 4 members (excludes halogenated alkanes) is 11. The third kappa shape index (κ3) is 14.6. The molecule has 0 amide bonds. The van der Waals surface area contributed by atoms with Crippen LogP contribution in [0.3, 0.4) is 0 Å². The second-order valence-corrected chi connectivity index (χ2v) is 8.67. The van der Waals surface area contributed by atoms with E-state index < -0.39 is 5.97 Å².